The molecule has 168 valence electrons. The maximum Gasteiger partial charge on any atom is 0.226 e. The van der Waals surface area contributed by atoms with Crippen LogP contribution >= 0.6 is 0 Å². The number of anilines is 1. The first kappa shape index (κ1) is 22.1. The number of halogens is 3. The molecule has 0 aliphatic rings. The van der Waals surface area contributed by atoms with Crippen molar-refractivity contribution in [1.82, 2.24) is 9.78 Å². The number of ether oxygens (including phenoxy) is 1. The number of carbonyl (C=O) groups excluding carboxylic acids is 1. The fourth-order valence-corrected chi connectivity index (χ4v) is 3.33. The molecular weight excluding hydrogens is 431 g/mol. The number of nitrogens with one attached hydrogen (secondary N) is 1. The van der Waals surface area contributed by atoms with Crippen LogP contribution in [-0.4, -0.2) is 15.7 Å². The van der Waals surface area contributed by atoms with E-state index in [1.54, 1.807) is 6.92 Å². The highest BCUT2D eigenvalue weighted by atomic mass is 19.1. The summed E-state index contributed by atoms with van der Waals surface area (Å²) in [5, 5.41) is 7.22. The minimum atomic E-state index is -0.853. The lowest BCUT2D eigenvalue weighted by atomic mass is 10.1. The fraction of sp³-hybridized carbons (Fsp3) is 0.120. The number of hydrogen-bond donors (Lipinski definition) is 1. The Hall–Kier alpha value is -4.07. The number of amides is 1. The van der Waals surface area contributed by atoms with Gasteiger partial charge < -0.3 is 10.1 Å². The molecule has 0 radical (unpaired) electrons. The van der Waals surface area contributed by atoms with Crippen LogP contribution in [0.2, 0.25) is 0 Å². The van der Waals surface area contributed by atoms with Gasteiger partial charge in [0.2, 0.25) is 11.8 Å². The van der Waals surface area contributed by atoms with E-state index in [2.05, 4.69) is 10.4 Å². The van der Waals surface area contributed by atoms with Crippen molar-refractivity contribution in [2.45, 2.75) is 19.8 Å². The average Bonchev–Trinajstić information content (AvgIpc) is 3.11. The largest absolute Gasteiger partial charge is 0.436 e. The van der Waals surface area contributed by atoms with Gasteiger partial charge in [-0.15, -0.1) is 0 Å². The van der Waals surface area contributed by atoms with Crippen molar-refractivity contribution in [2.75, 3.05) is 5.32 Å². The lowest BCUT2D eigenvalue weighted by molar-refractivity contribution is -0.116. The van der Waals surface area contributed by atoms with E-state index >= 15 is 0 Å². The van der Waals surface area contributed by atoms with Crippen LogP contribution < -0.4 is 10.1 Å². The van der Waals surface area contributed by atoms with Crippen molar-refractivity contribution in [3.63, 3.8) is 0 Å². The summed E-state index contributed by atoms with van der Waals surface area (Å²) in [5.41, 5.74) is 2.37. The molecule has 0 fully saturated rings. The van der Waals surface area contributed by atoms with Crippen LogP contribution in [0.15, 0.2) is 72.8 Å². The maximum atomic E-state index is 14.3. The summed E-state index contributed by atoms with van der Waals surface area (Å²) >= 11 is 0. The first-order valence-corrected chi connectivity index (χ1v) is 10.2. The van der Waals surface area contributed by atoms with E-state index in [9.17, 15) is 18.0 Å². The Morgan fingerprint density at radius 2 is 1.67 bits per heavy atom. The smallest absolute Gasteiger partial charge is 0.226 e. The van der Waals surface area contributed by atoms with Gasteiger partial charge in [-0.1, -0.05) is 18.2 Å². The van der Waals surface area contributed by atoms with Gasteiger partial charge in [0.1, 0.15) is 11.6 Å². The van der Waals surface area contributed by atoms with Gasteiger partial charge in [-0.2, -0.15) is 5.10 Å². The predicted octanol–water partition coefficient (Wildman–Crippen LogP) is 5.96. The Kier molecular flexibility index (Phi) is 6.44. The van der Waals surface area contributed by atoms with Crippen LogP contribution in [0.1, 0.15) is 17.7 Å². The van der Waals surface area contributed by atoms with Crippen LogP contribution in [0.5, 0.6) is 11.6 Å². The third kappa shape index (κ3) is 5.23. The average molecular weight is 451 g/mol. The van der Waals surface area contributed by atoms with E-state index < -0.39 is 17.5 Å². The summed E-state index contributed by atoms with van der Waals surface area (Å²) in [6.45, 7) is 1.76. The quantitative estimate of drug-likeness (QED) is 0.377. The molecule has 1 heterocycles. The molecule has 0 atom stereocenters. The van der Waals surface area contributed by atoms with Crippen molar-refractivity contribution in [2.24, 2.45) is 0 Å². The molecule has 1 amide bonds. The summed E-state index contributed by atoms with van der Waals surface area (Å²) < 4.78 is 48.1. The maximum absolute atomic E-state index is 14.3. The molecule has 5 nitrogen and oxygen atoms in total. The Bertz CT molecular complexity index is 1270. The number of nitrogens with zero attached hydrogens (tertiary/aromatic N) is 2. The molecule has 8 heteroatoms. The van der Waals surface area contributed by atoms with Crippen LogP contribution in [0.25, 0.3) is 5.69 Å². The number of hydrogen-bond acceptors (Lipinski definition) is 3. The van der Waals surface area contributed by atoms with Gasteiger partial charge in [0.25, 0.3) is 0 Å². The second-order valence-electron chi connectivity index (χ2n) is 7.35. The van der Waals surface area contributed by atoms with E-state index in [1.165, 1.54) is 35.0 Å². The number of carbonyl (C=O) groups is 1. The first-order valence-electron chi connectivity index (χ1n) is 10.2. The molecule has 1 aromatic heterocycles. The molecule has 4 rings (SSSR count). The minimum Gasteiger partial charge on any atom is -0.436 e. The molecule has 33 heavy (non-hydrogen) atoms. The van der Waals surface area contributed by atoms with Crippen molar-refractivity contribution in [3.05, 3.63) is 102 Å². The molecule has 0 aliphatic heterocycles. The fourth-order valence-electron chi connectivity index (χ4n) is 3.33. The standard InChI is InChI=1S/C25H20F3N3O2/c1-16-21(12-14-24(32)29-19-10-7-17(26)8-11-19)25(31(30-16)20-5-3-2-4-6-20)33-23-13-9-18(27)15-22(23)28/h2-11,13,15H,12,14H2,1H3,(H,29,32). The summed E-state index contributed by atoms with van der Waals surface area (Å²) in [6, 6.07) is 17.6. The molecule has 0 unspecified atom stereocenters. The normalized spacial score (nSPS) is 10.8. The molecule has 1 N–H and O–H groups in total. The predicted molar refractivity (Wildman–Crippen MR) is 118 cm³/mol. The number of benzene rings is 3. The van der Waals surface area contributed by atoms with Crippen molar-refractivity contribution in [3.8, 4) is 17.3 Å². The number of rotatable bonds is 7. The first-order chi connectivity index (χ1) is 15.9. The molecule has 0 aliphatic carbocycles. The SMILES string of the molecule is Cc1nn(-c2ccccc2)c(Oc2ccc(F)cc2F)c1CCC(=O)Nc1ccc(F)cc1. The highest BCUT2D eigenvalue weighted by molar-refractivity contribution is 5.90. The van der Waals surface area contributed by atoms with Crippen molar-refractivity contribution in [1.29, 1.82) is 0 Å². The van der Waals surface area contributed by atoms with Crippen LogP contribution in [0.3, 0.4) is 0 Å². The Morgan fingerprint density at radius 1 is 0.970 bits per heavy atom. The lowest BCUT2D eigenvalue weighted by Crippen LogP contribution is -2.12. The summed E-state index contributed by atoms with van der Waals surface area (Å²) in [5.74, 6) is -2.18. The Balaban J connectivity index is 1.61. The topological polar surface area (TPSA) is 56.2 Å². The van der Waals surface area contributed by atoms with Gasteiger partial charge in [-0.3, -0.25) is 4.79 Å². The van der Waals surface area contributed by atoms with Gasteiger partial charge >= 0.3 is 0 Å². The Labute approximate surface area is 188 Å². The highest BCUT2D eigenvalue weighted by Crippen LogP contribution is 2.33. The summed E-state index contributed by atoms with van der Waals surface area (Å²) in [7, 11) is 0. The van der Waals surface area contributed by atoms with Gasteiger partial charge in [-0.05, 0) is 61.9 Å². The molecule has 0 saturated heterocycles. The summed E-state index contributed by atoms with van der Waals surface area (Å²) in [6.07, 6.45) is 0.338. The molecule has 4 aromatic rings. The number of aryl methyl sites for hydroxylation is 1. The molecule has 0 saturated carbocycles. The Morgan fingerprint density at radius 3 is 2.36 bits per heavy atom. The van der Waals surface area contributed by atoms with E-state index in [-0.39, 0.29) is 30.4 Å². The van der Waals surface area contributed by atoms with Crippen molar-refractivity contribution >= 4 is 11.6 Å². The number of para-hydroxylation sites is 1. The van der Waals surface area contributed by atoms with Gasteiger partial charge in [0, 0.05) is 23.7 Å². The second-order valence-corrected chi connectivity index (χ2v) is 7.35. The van der Waals surface area contributed by atoms with E-state index in [0.29, 0.717) is 22.6 Å². The summed E-state index contributed by atoms with van der Waals surface area (Å²) in [4.78, 5) is 12.4. The molecule has 0 bridgehead atoms. The van der Waals surface area contributed by atoms with Crippen molar-refractivity contribution < 1.29 is 22.7 Å². The van der Waals surface area contributed by atoms with Crippen LogP contribution in [0.4, 0.5) is 18.9 Å². The van der Waals surface area contributed by atoms with Gasteiger partial charge in [-0.25, -0.2) is 17.9 Å². The van der Waals surface area contributed by atoms with E-state index in [0.717, 1.165) is 12.1 Å². The van der Waals surface area contributed by atoms with Crippen LogP contribution in [-0.2, 0) is 11.2 Å². The van der Waals surface area contributed by atoms with Gasteiger partial charge in [0.05, 0.1) is 11.4 Å². The van der Waals surface area contributed by atoms with E-state index in [1.807, 2.05) is 30.3 Å². The third-order valence-corrected chi connectivity index (χ3v) is 4.97. The number of aromatic nitrogens is 2. The zero-order chi connectivity index (χ0) is 23.4. The zero-order valence-corrected chi connectivity index (χ0v) is 17.7. The second kappa shape index (κ2) is 9.60. The lowest BCUT2D eigenvalue weighted by Gasteiger charge is -2.12. The minimum absolute atomic E-state index is 0.0843. The molecule has 0 spiro atoms. The van der Waals surface area contributed by atoms with E-state index in [4.69, 9.17) is 4.74 Å². The van der Waals surface area contributed by atoms with Gasteiger partial charge in [0.15, 0.2) is 11.6 Å². The monoisotopic (exact) mass is 451 g/mol. The zero-order valence-electron chi connectivity index (χ0n) is 17.7. The molecule has 3 aromatic carbocycles. The third-order valence-electron chi connectivity index (χ3n) is 4.97. The molecular formula is C25H20F3N3O2. The highest BCUT2D eigenvalue weighted by Gasteiger charge is 2.21. The van der Waals surface area contributed by atoms with Crippen LogP contribution in [0, 0.1) is 24.4 Å².